The number of ether oxygens (including phenoxy) is 2. The summed E-state index contributed by atoms with van der Waals surface area (Å²) in [6.07, 6.45) is 7.24. The topological polar surface area (TPSA) is 59.6 Å². The zero-order valence-corrected chi connectivity index (χ0v) is 12.9. The second-order valence-electron chi connectivity index (χ2n) is 6.05. The maximum absolute atomic E-state index is 12.0. The Bertz CT molecular complexity index is 513. The zero-order valence-electron chi connectivity index (χ0n) is 12.9. The van der Waals surface area contributed by atoms with E-state index >= 15 is 0 Å². The Balaban J connectivity index is 1.51. The lowest BCUT2D eigenvalue weighted by Crippen LogP contribution is -2.33. The van der Waals surface area contributed by atoms with Gasteiger partial charge in [-0.25, -0.2) is 4.79 Å². The molecule has 0 unspecified atom stereocenters. The molecule has 22 heavy (non-hydrogen) atoms. The Hall–Kier alpha value is -1.91. The van der Waals surface area contributed by atoms with Crippen LogP contribution in [0.1, 0.15) is 38.5 Å². The van der Waals surface area contributed by atoms with Gasteiger partial charge >= 0.3 is 6.03 Å². The number of anilines is 1. The number of amides is 2. The van der Waals surface area contributed by atoms with Crippen molar-refractivity contribution in [2.75, 3.05) is 25.1 Å². The fraction of sp³-hybridized carbons (Fsp3) is 0.588. The van der Waals surface area contributed by atoms with Gasteiger partial charge in [-0.15, -0.1) is 0 Å². The molecule has 1 heterocycles. The molecule has 1 saturated carbocycles. The number of hydrogen-bond acceptors (Lipinski definition) is 3. The van der Waals surface area contributed by atoms with E-state index < -0.39 is 0 Å². The number of rotatable bonds is 3. The van der Waals surface area contributed by atoms with Crippen molar-refractivity contribution in [3.63, 3.8) is 0 Å². The molecule has 5 heteroatoms. The third-order valence-electron chi connectivity index (χ3n) is 4.28. The summed E-state index contributed by atoms with van der Waals surface area (Å²) in [6.45, 7) is 2.07. The van der Waals surface area contributed by atoms with Crippen LogP contribution in [0.15, 0.2) is 18.2 Å². The predicted octanol–water partition coefficient (Wildman–Crippen LogP) is 3.55. The first kappa shape index (κ1) is 15.0. The second kappa shape index (κ2) is 7.38. The molecule has 5 nitrogen and oxygen atoms in total. The van der Waals surface area contributed by atoms with Crippen LogP contribution in [0, 0.1) is 5.92 Å². The first-order chi connectivity index (χ1) is 10.8. The van der Waals surface area contributed by atoms with Crippen LogP contribution in [-0.4, -0.2) is 25.8 Å². The molecule has 0 atom stereocenters. The van der Waals surface area contributed by atoms with Gasteiger partial charge in [-0.05, 0) is 30.9 Å². The summed E-state index contributed by atoms with van der Waals surface area (Å²) >= 11 is 0. The molecular formula is C17H24N2O3. The van der Waals surface area contributed by atoms with Crippen molar-refractivity contribution >= 4 is 11.7 Å². The van der Waals surface area contributed by atoms with Gasteiger partial charge in [0.05, 0.1) is 13.2 Å². The summed E-state index contributed by atoms with van der Waals surface area (Å²) in [5, 5.41) is 5.84. The lowest BCUT2D eigenvalue weighted by atomic mass is 9.89. The Morgan fingerprint density at radius 1 is 1.05 bits per heavy atom. The average molecular weight is 304 g/mol. The molecule has 120 valence electrons. The Kier molecular flexibility index (Phi) is 5.03. The van der Waals surface area contributed by atoms with E-state index in [2.05, 4.69) is 10.6 Å². The van der Waals surface area contributed by atoms with Gasteiger partial charge in [-0.2, -0.15) is 0 Å². The molecule has 1 aromatic carbocycles. The fourth-order valence-corrected chi connectivity index (χ4v) is 3.04. The molecule has 1 fully saturated rings. The van der Waals surface area contributed by atoms with E-state index in [-0.39, 0.29) is 6.03 Å². The van der Waals surface area contributed by atoms with Crippen LogP contribution >= 0.6 is 0 Å². The van der Waals surface area contributed by atoms with E-state index in [9.17, 15) is 4.79 Å². The van der Waals surface area contributed by atoms with Crippen LogP contribution in [0.2, 0.25) is 0 Å². The van der Waals surface area contributed by atoms with E-state index in [4.69, 9.17) is 9.47 Å². The Morgan fingerprint density at radius 2 is 1.82 bits per heavy atom. The third kappa shape index (κ3) is 4.06. The standard InChI is InChI=1S/C17H24N2O3/c20-17(18-12-13-5-2-1-3-6-13)19-14-7-8-15-16(11-14)22-10-4-9-21-15/h7-8,11,13H,1-6,9-10,12H2,(H2,18,19,20). The van der Waals surface area contributed by atoms with Gasteiger partial charge in [0.1, 0.15) is 0 Å². The number of hydrogen-bond donors (Lipinski definition) is 2. The van der Waals surface area contributed by atoms with E-state index in [0.29, 0.717) is 24.9 Å². The zero-order chi connectivity index (χ0) is 15.2. The van der Waals surface area contributed by atoms with E-state index in [1.165, 1.54) is 32.1 Å². The highest BCUT2D eigenvalue weighted by atomic mass is 16.5. The van der Waals surface area contributed by atoms with E-state index in [0.717, 1.165) is 24.4 Å². The van der Waals surface area contributed by atoms with Gasteiger partial charge < -0.3 is 20.1 Å². The van der Waals surface area contributed by atoms with Crippen molar-refractivity contribution in [2.45, 2.75) is 38.5 Å². The molecule has 3 rings (SSSR count). The first-order valence-corrected chi connectivity index (χ1v) is 8.26. The second-order valence-corrected chi connectivity index (χ2v) is 6.05. The van der Waals surface area contributed by atoms with Crippen molar-refractivity contribution in [1.82, 2.24) is 5.32 Å². The molecule has 2 N–H and O–H groups in total. The van der Waals surface area contributed by atoms with Crippen molar-refractivity contribution in [2.24, 2.45) is 5.92 Å². The lowest BCUT2D eigenvalue weighted by Gasteiger charge is -2.21. The van der Waals surface area contributed by atoms with Crippen LogP contribution in [0.5, 0.6) is 11.5 Å². The van der Waals surface area contributed by atoms with E-state index in [1.807, 2.05) is 18.2 Å². The predicted molar refractivity (Wildman–Crippen MR) is 85.6 cm³/mol. The van der Waals surface area contributed by atoms with Gasteiger partial charge in [0.25, 0.3) is 0 Å². The molecule has 1 aromatic rings. The molecule has 0 saturated heterocycles. The van der Waals surface area contributed by atoms with Gasteiger partial charge in [-0.1, -0.05) is 19.3 Å². The highest BCUT2D eigenvalue weighted by Gasteiger charge is 2.15. The van der Waals surface area contributed by atoms with Crippen LogP contribution in [-0.2, 0) is 0 Å². The van der Waals surface area contributed by atoms with Crippen LogP contribution in [0.3, 0.4) is 0 Å². The van der Waals surface area contributed by atoms with Crippen molar-refractivity contribution in [3.8, 4) is 11.5 Å². The van der Waals surface area contributed by atoms with Gasteiger partial charge in [0, 0.05) is 24.7 Å². The summed E-state index contributed by atoms with van der Waals surface area (Å²) in [7, 11) is 0. The number of urea groups is 1. The largest absolute Gasteiger partial charge is 0.490 e. The summed E-state index contributed by atoms with van der Waals surface area (Å²) in [5.74, 6) is 2.07. The molecule has 0 aromatic heterocycles. The fourth-order valence-electron chi connectivity index (χ4n) is 3.04. The molecule has 1 aliphatic heterocycles. The third-order valence-corrected chi connectivity index (χ3v) is 4.28. The van der Waals surface area contributed by atoms with Crippen molar-refractivity contribution in [3.05, 3.63) is 18.2 Å². The average Bonchev–Trinajstić information content (AvgIpc) is 2.79. The smallest absolute Gasteiger partial charge is 0.319 e. The van der Waals surface area contributed by atoms with Crippen LogP contribution in [0.25, 0.3) is 0 Å². The first-order valence-electron chi connectivity index (χ1n) is 8.26. The summed E-state index contributed by atoms with van der Waals surface area (Å²) in [6, 6.07) is 5.35. The molecule has 0 radical (unpaired) electrons. The highest BCUT2D eigenvalue weighted by molar-refractivity contribution is 5.89. The number of nitrogens with one attached hydrogen (secondary N) is 2. The minimum absolute atomic E-state index is 0.153. The van der Waals surface area contributed by atoms with E-state index in [1.54, 1.807) is 0 Å². The summed E-state index contributed by atoms with van der Waals surface area (Å²) < 4.78 is 11.2. The maximum atomic E-state index is 12.0. The molecule has 0 bridgehead atoms. The molecule has 2 aliphatic rings. The monoisotopic (exact) mass is 304 g/mol. The van der Waals surface area contributed by atoms with Gasteiger partial charge in [-0.3, -0.25) is 0 Å². The number of carbonyl (C=O) groups excluding carboxylic acids is 1. The van der Waals surface area contributed by atoms with Crippen molar-refractivity contribution < 1.29 is 14.3 Å². The molecular weight excluding hydrogens is 280 g/mol. The maximum Gasteiger partial charge on any atom is 0.319 e. The molecule has 0 spiro atoms. The summed E-state index contributed by atoms with van der Waals surface area (Å²) in [4.78, 5) is 12.0. The van der Waals surface area contributed by atoms with Gasteiger partial charge in [0.2, 0.25) is 0 Å². The minimum atomic E-state index is -0.153. The number of carbonyl (C=O) groups is 1. The Labute approximate surface area is 131 Å². The lowest BCUT2D eigenvalue weighted by molar-refractivity contribution is 0.247. The molecule has 1 aliphatic carbocycles. The quantitative estimate of drug-likeness (QED) is 0.898. The SMILES string of the molecule is O=C(NCC1CCCCC1)Nc1ccc2c(c1)OCCCO2. The van der Waals surface area contributed by atoms with Crippen LogP contribution in [0.4, 0.5) is 10.5 Å². The van der Waals surface area contributed by atoms with Gasteiger partial charge in [0.15, 0.2) is 11.5 Å². The van der Waals surface area contributed by atoms with Crippen molar-refractivity contribution in [1.29, 1.82) is 0 Å². The molecule has 2 amide bonds. The normalized spacial score (nSPS) is 18.4. The van der Waals surface area contributed by atoms with Crippen LogP contribution < -0.4 is 20.1 Å². The number of benzene rings is 1. The minimum Gasteiger partial charge on any atom is -0.490 e. The highest BCUT2D eigenvalue weighted by Crippen LogP contribution is 2.32. The number of fused-ring (bicyclic) bond motifs is 1. The Morgan fingerprint density at radius 3 is 2.64 bits per heavy atom. The summed E-state index contributed by atoms with van der Waals surface area (Å²) in [5.41, 5.74) is 0.727.